The molecule has 3 heterocycles. The van der Waals surface area contributed by atoms with Crippen molar-refractivity contribution in [1.29, 1.82) is 0 Å². The molecule has 3 rings (SSSR count). The van der Waals surface area contributed by atoms with Crippen LogP contribution in [0.1, 0.15) is 24.8 Å². The van der Waals surface area contributed by atoms with Gasteiger partial charge in [0.15, 0.2) is 0 Å². The van der Waals surface area contributed by atoms with Crippen molar-refractivity contribution in [3.05, 3.63) is 23.9 Å². The minimum atomic E-state index is 0.596. The fourth-order valence-electron chi connectivity index (χ4n) is 3.12. The van der Waals surface area contributed by atoms with Crippen LogP contribution in [0.2, 0.25) is 0 Å². The van der Waals surface area contributed by atoms with E-state index in [2.05, 4.69) is 20.9 Å². The summed E-state index contributed by atoms with van der Waals surface area (Å²) in [4.78, 5) is 9.57. The lowest BCUT2D eigenvalue weighted by Gasteiger charge is -2.44. The van der Waals surface area contributed by atoms with Gasteiger partial charge in [0.2, 0.25) is 0 Å². The number of hydrogen-bond acceptors (Lipinski definition) is 4. The van der Waals surface area contributed by atoms with E-state index in [1.807, 2.05) is 12.3 Å². The molecule has 2 aliphatic rings. The van der Waals surface area contributed by atoms with Gasteiger partial charge in [0.05, 0.1) is 0 Å². The molecular weight excluding hydrogens is 224 g/mol. The van der Waals surface area contributed by atoms with Gasteiger partial charge in [0, 0.05) is 38.4 Å². The Balaban J connectivity index is 1.72. The summed E-state index contributed by atoms with van der Waals surface area (Å²) in [5, 5.41) is 0. The Morgan fingerprint density at radius 1 is 1.28 bits per heavy atom. The van der Waals surface area contributed by atoms with E-state index in [9.17, 15) is 0 Å². The molecule has 0 saturated carbocycles. The average Bonchev–Trinajstić information content (AvgIpc) is 2.47. The third kappa shape index (κ3) is 2.35. The lowest BCUT2D eigenvalue weighted by molar-refractivity contribution is 0.133. The molecule has 1 aromatic rings. The highest BCUT2D eigenvalue weighted by Crippen LogP contribution is 2.24. The minimum Gasteiger partial charge on any atom is -0.354 e. The summed E-state index contributed by atoms with van der Waals surface area (Å²) < 4.78 is 0. The van der Waals surface area contributed by atoms with Gasteiger partial charge in [-0.1, -0.05) is 6.42 Å². The van der Waals surface area contributed by atoms with E-state index in [4.69, 9.17) is 5.73 Å². The molecule has 1 unspecified atom stereocenters. The Hall–Kier alpha value is -1.13. The maximum absolute atomic E-state index is 5.70. The van der Waals surface area contributed by atoms with Gasteiger partial charge in [-0.15, -0.1) is 0 Å². The molecule has 2 N–H and O–H groups in total. The normalized spacial score (nSPS) is 24.9. The van der Waals surface area contributed by atoms with Crippen molar-refractivity contribution >= 4 is 5.82 Å². The van der Waals surface area contributed by atoms with Gasteiger partial charge in [-0.2, -0.15) is 0 Å². The van der Waals surface area contributed by atoms with Crippen molar-refractivity contribution in [3.63, 3.8) is 0 Å². The average molecular weight is 246 g/mol. The van der Waals surface area contributed by atoms with E-state index in [1.165, 1.54) is 37.9 Å². The quantitative estimate of drug-likeness (QED) is 0.852. The second kappa shape index (κ2) is 5.24. The molecule has 98 valence electrons. The molecule has 4 nitrogen and oxygen atoms in total. The lowest BCUT2D eigenvalue weighted by Crippen LogP contribution is -2.55. The zero-order valence-corrected chi connectivity index (χ0v) is 10.9. The Labute approximate surface area is 109 Å². The van der Waals surface area contributed by atoms with Crippen LogP contribution >= 0.6 is 0 Å². The van der Waals surface area contributed by atoms with E-state index in [-0.39, 0.29) is 0 Å². The second-order valence-corrected chi connectivity index (χ2v) is 5.36. The monoisotopic (exact) mass is 246 g/mol. The first-order chi connectivity index (χ1) is 8.86. The maximum atomic E-state index is 5.70. The molecule has 2 aliphatic heterocycles. The summed E-state index contributed by atoms with van der Waals surface area (Å²) in [6.45, 7) is 5.28. The molecule has 2 fully saturated rings. The molecule has 1 aromatic heterocycles. The smallest absolute Gasteiger partial charge is 0.128 e. The SMILES string of the molecule is NCc1ccnc(N2CCN3CCCCC3C2)c1. The van der Waals surface area contributed by atoms with E-state index in [1.54, 1.807) is 0 Å². The number of rotatable bonds is 2. The predicted octanol–water partition coefficient (Wildman–Crippen LogP) is 1.21. The molecule has 2 saturated heterocycles. The summed E-state index contributed by atoms with van der Waals surface area (Å²) in [6.07, 6.45) is 5.97. The molecule has 18 heavy (non-hydrogen) atoms. The molecule has 1 atom stereocenters. The van der Waals surface area contributed by atoms with Crippen LogP contribution in [0.4, 0.5) is 5.82 Å². The fraction of sp³-hybridized carbons (Fsp3) is 0.643. The summed E-state index contributed by atoms with van der Waals surface area (Å²) >= 11 is 0. The van der Waals surface area contributed by atoms with Crippen molar-refractivity contribution in [2.45, 2.75) is 31.8 Å². The van der Waals surface area contributed by atoms with Crippen molar-refractivity contribution in [1.82, 2.24) is 9.88 Å². The number of pyridine rings is 1. The first kappa shape index (κ1) is 11.9. The first-order valence-corrected chi connectivity index (χ1v) is 7.01. The van der Waals surface area contributed by atoms with E-state index in [0.717, 1.165) is 24.9 Å². The van der Waals surface area contributed by atoms with Crippen molar-refractivity contribution < 1.29 is 0 Å². The summed E-state index contributed by atoms with van der Waals surface area (Å²) in [6, 6.07) is 4.87. The van der Waals surface area contributed by atoms with Crippen LogP contribution in [0.15, 0.2) is 18.3 Å². The first-order valence-electron chi connectivity index (χ1n) is 7.01. The van der Waals surface area contributed by atoms with Crippen molar-refractivity contribution in [3.8, 4) is 0 Å². The van der Waals surface area contributed by atoms with Gasteiger partial charge in [-0.3, -0.25) is 4.90 Å². The number of aromatic nitrogens is 1. The number of piperidine rings is 1. The van der Waals surface area contributed by atoms with Crippen molar-refractivity contribution in [2.24, 2.45) is 5.73 Å². The summed E-state index contributed by atoms with van der Waals surface area (Å²) in [5.74, 6) is 1.10. The number of nitrogens with zero attached hydrogens (tertiary/aromatic N) is 3. The molecule has 0 aliphatic carbocycles. The molecule has 4 heteroatoms. The van der Waals surface area contributed by atoms with E-state index < -0.39 is 0 Å². The highest BCUT2D eigenvalue weighted by atomic mass is 15.3. The third-order valence-electron chi connectivity index (χ3n) is 4.21. The van der Waals surface area contributed by atoms with E-state index >= 15 is 0 Å². The number of nitrogens with two attached hydrogens (primary N) is 1. The van der Waals surface area contributed by atoms with Crippen LogP contribution < -0.4 is 10.6 Å². The molecular formula is C14H22N4. The lowest BCUT2D eigenvalue weighted by atomic mass is 9.99. The van der Waals surface area contributed by atoms with Crippen LogP contribution in [0.5, 0.6) is 0 Å². The molecule has 0 amide bonds. The minimum absolute atomic E-state index is 0.596. The Kier molecular flexibility index (Phi) is 3.48. The van der Waals surface area contributed by atoms with Crippen LogP contribution in [-0.2, 0) is 6.54 Å². The van der Waals surface area contributed by atoms with E-state index in [0.29, 0.717) is 6.54 Å². The second-order valence-electron chi connectivity index (χ2n) is 5.36. The maximum Gasteiger partial charge on any atom is 0.128 e. The van der Waals surface area contributed by atoms with Gasteiger partial charge >= 0.3 is 0 Å². The Morgan fingerprint density at radius 3 is 3.11 bits per heavy atom. The largest absolute Gasteiger partial charge is 0.354 e. The summed E-state index contributed by atoms with van der Waals surface area (Å²) in [5.41, 5.74) is 6.87. The van der Waals surface area contributed by atoms with Crippen LogP contribution in [0.3, 0.4) is 0 Å². The topological polar surface area (TPSA) is 45.4 Å². The van der Waals surface area contributed by atoms with Gasteiger partial charge in [-0.05, 0) is 37.1 Å². The zero-order chi connectivity index (χ0) is 12.4. The number of anilines is 1. The van der Waals surface area contributed by atoms with Gasteiger partial charge in [-0.25, -0.2) is 4.98 Å². The molecule has 0 radical (unpaired) electrons. The number of hydrogen-bond donors (Lipinski definition) is 1. The van der Waals surface area contributed by atoms with Crippen LogP contribution in [-0.4, -0.2) is 42.1 Å². The molecule has 0 aromatic carbocycles. The van der Waals surface area contributed by atoms with Crippen LogP contribution in [0.25, 0.3) is 0 Å². The van der Waals surface area contributed by atoms with Crippen LogP contribution in [0, 0.1) is 0 Å². The Bertz CT molecular complexity index is 407. The van der Waals surface area contributed by atoms with Gasteiger partial charge in [0.25, 0.3) is 0 Å². The zero-order valence-electron chi connectivity index (χ0n) is 10.9. The standard InChI is InChI=1S/C14H22N4/c15-10-12-4-5-16-14(9-12)18-8-7-17-6-2-1-3-13(17)11-18/h4-5,9,13H,1-3,6-8,10-11,15H2. The third-order valence-corrected chi connectivity index (χ3v) is 4.21. The number of piperazine rings is 1. The summed E-state index contributed by atoms with van der Waals surface area (Å²) in [7, 11) is 0. The van der Waals surface area contributed by atoms with Crippen molar-refractivity contribution in [2.75, 3.05) is 31.1 Å². The highest BCUT2D eigenvalue weighted by Gasteiger charge is 2.29. The number of fused-ring (bicyclic) bond motifs is 1. The highest BCUT2D eigenvalue weighted by molar-refractivity contribution is 5.42. The fourth-order valence-corrected chi connectivity index (χ4v) is 3.12. The molecule has 0 bridgehead atoms. The molecule has 0 spiro atoms. The van der Waals surface area contributed by atoms with Gasteiger partial charge in [0.1, 0.15) is 5.82 Å². The van der Waals surface area contributed by atoms with Gasteiger partial charge < -0.3 is 10.6 Å². The predicted molar refractivity (Wildman–Crippen MR) is 73.6 cm³/mol. The Morgan fingerprint density at radius 2 is 2.22 bits per heavy atom.